The van der Waals surface area contributed by atoms with Crippen LogP contribution in [0, 0.1) is 11.6 Å². The molecule has 3 heteroatoms. The Morgan fingerprint density at radius 2 is 1.73 bits per heavy atom. The van der Waals surface area contributed by atoms with E-state index in [-0.39, 0.29) is 0 Å². The van der Waals surface area contributed by atoms with E-state index in [1.54, 1.807) is 0 Å². The van der Waals surface area contributed by atoms with Crippen molar-refractivity contribution in [3.05, 3.63) is 40.9 Å². The van der Waals surface area contributed by atoms with Crippen molar-refractivity contribution in [2.24, 2.45) is 0 Å². The Bertz CT molecular complexity index is 271. The second-order valence-electron chi connectivity index (χ2n) is 2.00. The topological polar surface area (TPSA) is 0 Å². The first-order valence-electron chi connectivity index (χ1n) is 2.92. The van der Waals surface area contributed by atoms with Crippen LogP contribution in [-0.4, -0.2) is 0 Å². The van der Waals surface area contributed by atoms with Gasteiger partial charge in [-0.15, -0.1) is 0 Å². The standard InChI is InChI=1S/C8H5ClF2/c1-2-5-3-6(10)8(9)7(11)4-5/h2-4H,1H2. The molecule has 0 spiro atoms. The minimum absolute atomic E-state index is 0.379. The summed E-state index contributed by atoms with van der Waals surface area (Å²) in [6, 6.07) is 2.25. The van der Waals surface area contributed by atoms with Crippen LogP contribution >= 0.6 is 11.6 Å². The van der Waals surface area contributed by atoms with Crippen LogP contribution in [-0.2, 0) is 0 Å². The molecule has 0 nitrogen and oxygen atoms in total. The lowest BCUT2D eigenvalue weighted by atomic mass is 10.2. The lowest BCUT2D eigenvalue weighted by molar-refractivity contribution is 0.583. The van der Waals surface area contributed by atoms with Crippen molar-refractivity contribution in [1.82, 2.24) is 0 Å². The average Bonchev–Trinajstić information content (AvgIpc) is 1.99. The molecule has 0 aromatic heterocycles. The number of benzene rings is 1. The molecule has 0 aliphatic rings. The van der Waals surface area contributed by atoms with Crippen LogP contribution in [0.2, 0.25) is 5.02 Å². The first kappa shape index (κ1) is 8.21. The fraction of sp³-hybridized carbons (Fsp3) is 0. The van der Waals surface area contributed by atoms with Crippen LogP contribution in [0.3, 0.4) is 0 Å². The Labute approximate surface area is 68.1 Å². The van der Waals surface area contributed by atoms with E-state index in [4.69, 9.17) is 11.6 Å². The summed E-state index contributed by atoms with van der Waals surface area (Å²) in [7, 11) is 0. The molecule has 1 rings (SSSR count). The van der Waals surface area contributed by atoms with E-state index in [1.165, 1.54) is 6.08 Å². The van der Waals surface area contributed by atoms with E-state index < -0.39 is 16.7 Å². The summed E-state index contributed by atoms with van der Waals surface area (Å²) in [5.41, 5.74) is 0.379. The predicted molar refractivity (Wildman–Crippen MR) is 41.5 cm³/mol. The van der Waals surface area contributed by atoms with Crippen molar-refractivity contribution in [3.8, 4) is 0 Å². The quantitative estimate of drug-likeness (QED) is 0.574. The maximum atomic E-state index is 12.6. The normalized spacial score (nSPS) is 9.73. The van der Waals surface area contributed by atoms with E-state index in [9.17, 15) is 8.78 Å². The van der Waals surface area contributed by atoms with E-state index >= 15 is 0 Å². The van der Waals surface area contributed by atoms with Gasteiger partial charge in [-0.3, -0.25) is 0 Å². The third-order valence-electron chi connectivity index (χ3n) is 1.24. The highest BCUT2D eigenvalue weighted by Crippen LogP contribution is 2.20. The summed E-state index contributed by atoms with van der Waals surface area (Å²) in [4.78, 5) is 0. The van der Waals surface area contributed by atoms with Gasteiger partial charge in [-0.2, -0.15) is 0 Å². The lowest BCUT2D eigenvalue weighted by Crippen LogP contribution is -1.84. The Hall–Kier alpha value is -0.890. The molecule has 0 aliphatic carbocycles. The zero-order valence-corrected chi connectivity index (χ0v) is 6.33. The lowest BCUT2D eigenvalue weighted by Gasteiger charge is -1.97. The molecule has 0 aliphatic heterocycles. The second-order valence-corrected chi connectivity index (χ2v) is 2.38. The molecule has 11 heavy (non-hydrogen) atoms. The third-order valence-corrected chi connectivity index (χ3v) is 1.60. The molecule has 1 aromatic rings. The van der Waals surface area contributed by atoms with Gasteiger partial charge in [-0.05, 0) is 17.7 Å². The maximum Gasteiger partial charge on any atom is 0.145 e. The fourth-order valence-electron chi connectivity index (χ4n) is 0.693. The largest absolute Gasteiger partial charge is 0.205 e. The molecule has 0 radical (unpaired) electrons. The molecule has 58 valence electrons. The van der Waals surface area contributed by atoms with Gasteiger partial charge in [0.2, 0.25) is 0 Å². The predicted octanol–water partition coefficient (Wildman–Crippen LogP) is 3.26. The Morgan fingerprint density at radius 1 is 1.27 bits per heavy atom. The fourth-order valence-corrected chi connectivity index (χ4v) is 0.802. The molecular weight excluding hydrogens is 170 g/mol. The van der Waals surface area contributed by atoms with E-state index in [2.05, 4.69) is 6.58 Å². The number of halogens is 3. The number of hydrogen-bond donors (Lipinski definition) is 0. The van der Waals surface area contributed by atoms with Gasteiger partial charge in [-0.25, -0.2) is 8.78 Å². The van der Waals surface area contributed by atoms with Crippen LogP contribution < -0.4 is 0 Å². The Balaban J connectivity index is 3.31. The molecular formula is C8H5ClF2. The molecule has 0 heterocycles. The molecule has 0 amide bonds. The van der Waals surface area contributed by atoms with Crippen molar-refractivity contribution in [2.45, 2.75) is 0 Å². The van der Waals surface area contributed by atoms with Gasteiger partial charge in [0, 0.05) is 0 Å². The molecule has 0 fully saturated rings. The smallest absolute Gasteiger partial charge is 0.145 e. The van der Waals surface area contributed by atoms with Crippen molar-refractivity contribution in [2.75, 3.05) is 0 Å². The minimum Gasteiger partial charge on any atom is -0.205 e. The summed E-state index contributed by atoms with van der Waals surface area (Å²) in [5.74, 6) is -1.52. The van der Waals surface area contributed by atoms with Gasteiger partial charge < -0.3 is 0 Å². The van der Waals surface area contributed by atoms with Crippen LogP contribution in [0.1, 0.15) is 5.56 Å². The highest BCUT2D eigenvalue weighted by Gasteiger charge is 2.06. The van der Waals surface area contributed by atoms with Crippen LogP contribution in [0.25, 0.3) is 6.08 Å². The van der Waals surface area contributed by atoms with Crippen LogP contribution in [0.4, 0.5) is 8.78 Å². The van der Waals surface area contributed by atoms with Gasteiger partial charge in [0.1, 0.15) is 16.7 Å². The monoisotopic (exact) mass is 174 g/mol. The summed E-state index contributed by atoms with van der Waals surface area (Å²) < 4.78 is 25.2. The third kappa shape index (κ3) is 1.57. The van der Waals surface area contributed by atoms with E-state index in [0.717, 1.165) is 12.1 Å². The first-order chi connectivity index (χ1) is 5.15. The summed E-state index contributed by atoms with van der Waals surface area (Å²) in [6.07, 6.45) is 1.35. The molecule has 1 aromatic carbocycles. The summed E-state index contributed by atoms with van der Waals surface area (Å²) in [6.45, 7) is 3.37. The highest BCUT2D eigenvalue weighted by atomic mass is 35.5. The van der Waals surface area contributed by atoms with Crippen molar-refractivity contribution in [1.29, 1.82) is 0 Å². The first-order valence-corrected chi connectivity index (χ1v) is 3.30. The zero-order valence-electron chi connectivity index (χ0n) is 5.57. The van der Waals surface area contributed by atoms with E-state index in [1.807, 2.05) is 0 Å². The van der Waals surface area contributed by atoms with Crippen LogP contribution in [0.5, 0.6) is 0 Å². The van der Waals surface area contributed by atoms with Crippen molar-refractivity contribution < 1.29 is 8.78 Å². The number of hydrogen-bond acceptors (Lipinski definition) is 0. The van der Waals surface area contributed by atoms with Crippen molar-refractivity contribution >= 4 is 17.7 Å². The Kier molecular flexibility index (Phi) is 2.25. The highest BCUT2D eigenvalue weighted by molar-refractivity contribution is 6.30. The molecule has 0 atom stereocenters. The molecule has 0 bridgehead atoms. The second kappa shape index (κ2) is 3.01. The number of rotatable bonds is 1. The average molecular weight is 175 g/mol. The van der Waals surface area contributed by atoms with Gasteiger partial charge in [-0.1, -0.05) is 24.3 Å². The van der Waals surface area contributed by atoms with E-state index in [0.29, 0.717) is 5.56 Å². The van der Waals surface area contributed by atoms with Crippen LogP contribution in [0.15, 0.2) is 18.7 Å². The Morgan fingerprint density at radius 3 is 2.09 bits per heavy atom. The molecule has 0 saturated carbocycles. The molecule has 0 saturated heterocycles. The van der Waals surface area contributed by atoms with Gasteiger partial charge in [0.25, 0.3) is 0 Å². The summed E-state index contributed by atoms with van der Waals surface area (Å²) >= 11 is 5.22. The molecule has 0 N–H and O–H groups in total. The van der Waals surface area contributed by atoms with Gasteiger partial charge >= 0.3 is 0 Å². The zero-order chi connectivity index (χ0) is 8.43. The maximum absolute atomic E-state index is 12.6. The van der Waals surface area contributed by atoms with Crippen molar-refractivity contribution in [3.63, 3.8) is 0 Å². The molecule has 0 unspecified atom stereocenters. The SMILES string of the molecule is C=Cc1cc(F)c(Cl)c(F)c1. The van der Waals surface area contributed by atoms with Gasteiger partial charge in [0.15, 0.2) is 0 Å². The van der Waals surface area contributed by atoms with Gasteiger partial charge in [0.05, 0.1) is 0 Å². The minimum atomic E-state index is -0.762. The summed E-state index contributed by atoms with van der Waals surface area (Å²) in [5, 5.41) is -0.476.